The molecule has 0 aliphatic rings. The Morgan fingerprint density at radius 1 is 1.31 bits per heavy atom. The molecule has 0 bridgehead atoms. The minimum absolute atomic E-state index is 0.0712. The van der Waals surface area contributed by atoms with Crippen LogP contribution in [0.4, 0.5) is 13.2 Å². The van der Waals surface area contributed by atoms with Crippen LogP contribution in [0.25, 0.3) is 0 Å². The van der Waals surface area contributed by atoms with Crippen molar-refractivity contribution in [1.82, 2.24) is 0 Å². The van der Waals surface area contributed by atoms with Crippen LogP contribution in [0, 0.1) is 11.3 Å². The molecule has 0 saturated carbocycles. The summed E-state index contributed by atoms with van der Waals surface area (Å²) in [6.07, 6.45) is -4.61. The fourth-order valence-corrected chi connectivity index (χ4v) is 0.964. The van der Waals surface area contributed by atoms with Crippen molar-refractivity contribution in [2.24, 2.45) is 17.1 Å². The lowest BCUT2D eigenvalue weighted by molar-refractivity contribution is -0.188. The number of carbonyl (C=O) groups is 1. The first-order valence-electron chi connectivity index (χ1n) is 4.99. The van der Waals surface area contributed by atoms with E-state index < -0.39 is 23.6 Å². The Morgan fingerprint density at radius 3 is 2.06 bits per heavy atom. The van der Waals surface area contributed by atoms with Crippen molar-refractivity contribution in [3.63, 3.8) is 0 Å². The van der Waals surface area contributed by atoms with Crippen LogP contribution in [0.5, 0.6) is 0 Å². The van der Waals surface area contributed by atoms with E-state index >= 15 is 0 Å². The number of carbonyl (C=O) groups excluding carboxylic acids is 1. The Morgan fingerprint density at radius 2 is 1.75 bits per heavy atom. The van der Waals surface area contributed by atoms with Crippen molar-refractivity contribution < 1.29 is 22.7 Å². The molecule has 96 valence electrons. The highest BCUT2D eigenvalue weighted by Crippen LogP contribution is 2.33. The Bertz CT molecular complexity index is 249. The molecular formula is C10H18F3NO2. The Hall–Kier alpha value is -0.780. The van der Waals surface area contributed by atoms with Crippen LogP contribution in [0.1, 0.15) is 27.7 Å². The molecule has 0 unspecified atom stereocenters. The average Bonchev–Trinajstić information content (AvgIpc) is 2.11. The summed E-state index contributed by atoms with van der Waals surface area (Å²) >= 11 is 0. The van der Waals surface area contributed by atoms with Crippen LogP contribution in [-0.2, 0) is 9.53 Å². The third-order valence-electron chi connectivity index (χ3n) is 2.20. The van der Waals surface area contributed by atoms with Gasteiger partial charge in [-0.3, -0.25) is 4.79 Å². The number of ether oxygens (including phenoxy) is 1. The summed E-state index contributed by atoms with van der Waals surface area (Å²) in [5.74, 6) is -0.854. The normalized spacial score (nSPS) is 15.1. The molecule has 0 aliphatic carbocycles. The second-order valence-electron chi connectivity index (χ2n) is 4.73. The molecule has 6 heteroatoms. The zero-order chi connectivity index (χ0) is 13.1. The van der Waals surface area contributed by atoms with E-state index in [4.69, 9.17) is 10.5 Å². The second-order valence-corrected chi connectivity index (χ2v) is 4.73. The number of esters is 1. The maximum Gasteiger partial charge on any atom is 0.404 e. The third kappa shape index (κ3) is 4.00. The van der Waals surface area contributed by atoms with Gasteiger partial charge < -0.3 is 10.5 Å². The lowest BCUT2D eigenvalue weighted by Gasteiger charge is -2.30. The summed E-state index contributed by atoms with van der Waals surface area (Å²) < 4.78 is 41.9. The van der Waals surface area contributed by atoms with Gasteiger partial charge in [-0.2, -0.15) is 13.2 Å². The van der Waals surface area contributed by atoms with Crippen molar-refractivity contribution in [3.05, 3.63) is 0 Å². The largest absolute Gasteiger partial charge is 0.465 e. The fourth-order valence-electron chi connectivity index (χ4n) is 0.964. The number of alkyl halides is 3. The van der Waals surface area contributed by atoms with Crippen LogP contribution in [0.3, 0.4) is 0 Å². The summed E-state index contributed by atoms with van der Waals surface area (Å²) in [7, 11) is 0. The average molecular weight is 241 g/mol. The SMILES string of the molecule is CC(C)COC(=O)C(C)(C)[C@@H](N)C(F)(F)F. The summed E-state index contributed by atoms with van der Waals surface area (Å²) in [4.78, 5) is 11.5. The maximum atomic E-state index is 12.4. The Balaban J connectivity index is 4.59. The van der Waals surface area contributed by atoms with Gasteiger partial charge in [0.05, 0.1) is 12.0 Å². The summed E-state index contributed by atoms with van der Waals surface area (Å²) in [6, 6.07) is -2.22. The van der Waals surface area contributed by atoms with Crippen LogP contribution in [-0.4, -0.2) is 24.8 Å². The van der Waals surface area contributed by atoms with Gasteiger partial charge >= 0.3 is 12.1 Å². The predicted molar refractivity (Wildman–Crippen MR) is 53.6 cm³/mol. The highest BCUT2D eigenvalue weighted by Gasteiger charge is 2.51. The number of rotatable bonds is 4. The second kappa shape index (κ2) is 5.03. The van der Waals surface area contributed by atoms with Gasteiger partial charge in [0.25, 0.3) is 0 Å². The molecule has 0 aliphatic heterocycles. The summed E-state index contributed by atoms with van der Waals surface area (Å²) in [6.45, 7) is 5.95. The minimum atomic E-state index is -4.61. The molecule has 0 fully saturated rings. The zero-order valence-corrected chi connectivity index (χ0v) is 9.89. The van der Waals surface area contributed by atoms with Crippen molar-refractivity contribution in [2.45, 2.75) is 39.9 Å². The van der Waals surface area contributed by atoms with Gasteiger partial charge in [-0.1, -0.05) is 13.8 Å². The molecule has 0 saturated heterocycles. The van der Waals surface area contributed by atoms with Crippen LogP contribution < -0.4 is 5.73 Å². The van der Waals surface area contributed by atoms with E-state index in [-0.39, 0.29) is 12.5 Å². The quantitative estimate of drug-likeness (QED) is 0.767. The van der Waals surface area contributed by atoms with Crippen molar-refractivity contribution in [3.8, 4) is 0 Å². The third-order valence-corrected chi connectivity index (χ3v) is 2.20. The van der Waals surface area contributed by atoms with E-state index in [9.17, 15) is 18.0 Å². The topological polar surface area (TPSA) is 52.3 Å². The first-order chi connectivity index (χ1) is 6.99. The minimum Gasteiger partial charge on any atom is -0.465 e. The monoisotopic (exact) mass is 241 g/mol. The van der Waals surface area contributed by atoms with E-state index in [1.54, 1.807) is 13.8 Å². The Labute approximate surface area is 93.1 Å². The van der Waals surface area contributed by atoms with Crippen LogP contribution >= 0.6 is 0 Å². The molecule has 3 nitrogen and oxygen atoms in total. The molecule has 0 aromatic carbocycles. The summed E-state index contributed by atoms with van der Waals surface area (Å²) in [5.41, 5.74) is 3.24. The van der Waals surface area contributed by atoms with E-state index in [0.717, 1.165) is 13.8 Å². The molecular weight excluding hydrogens is 223 g/mol. The smallest absolute Gasteiger partial charge is 0.404 e. The molecule has 16 heavy (non-hydrogen) atoms. The number of halogens is 3. The predicted octanol–water partition coefficient (Wildman–Crippen LogP) is 2.10. The Kier molecular flexibility index (Phi) is 4.79. The fraction of sp³-hybridized carbons (Fsp3) is 0.900. The standard InChI is InChI=1S/C10H18F3NO2/c1-6(2)5-16-8(15)9(3,4)7(14)10(11,12)13/h6-7H,5,14H2,1-4H3/t7-/m1/s1. The highest BCUT2D eigenvalue weighted by atomic mass is 19.4. The van der Waals surface area contributed by atoms with Gasteiger partial charge in [-0.15, -0.1) is 0 Å². The van der Waals surface area contributed by atoms with Crippen LogP contribution in [0.2, 0.25) is 0 Å². The molecule has 0 rings (SSSR count). The molecule has 0 aromatic heterocycles. The molecule has 0 heterocycles. The molecule has 1 atom stereocenters. The molecule has 0 radical (unpaired) electrons. The highest BCUT2D eigenvalue weighted by molar-refractivity contribution is 5.77. The lowest BCUT2D eigenvalue weighted by atomic mass is 9.84. The van der Waals surface area contributed by atoms with E-state index in [1.165, 1.54) is 0 Å². The first kappa shape index (κ1) is 15.2. The number of nitrogens with two attached hydrogens (primary N) is 1. The first-order valence-corrected chi connectivity index (χ1v) is 4.99. The van der Waals surface area contributed by atoms with Gasteiger partial charge in [-0.25, -0.2) is 0 Å². The lowest BCUT2D eigenvalue weighted by Crippen LogP contribution is -2.53. The van der Waals surface area contributed by atoms with Gasteiger partial charge in [0.1, 0.15) is 6.04 Å². The van der Waals surface area contributed by atoms with Crippen molar-refractivity contribution in [1.29, 1.82) is 0 Å². The van der Waals surface area contributed by atoms with E-state index in [0.29, 0.717) is 0 Å². The maximum absolute atomic E-state index is 12.4. The van der Waals surface area contributed by atoms with Crippen molar-refractivity contribution >= 4 is 5.97 Å². The zero-order valence-electron chi connectivity index (χ0n) is 9.89. The van der Waals surface area contributed by atoms with Gasteiger partial charge in [0.2, 0.25) is 0 Å². The summed E-state index contributed by atoms with van der Waals surface area (Å²) in [5, 5.41) is 0. The number of hydrogen-bond donors (Lipinski definition) is 1. The molecule has 0 aromatic rings. The molecule has 0 spiro atoms. The van der Waals surface area contributed by atoms with E-state index in [2.05, 4.69) is 0 Å². The molecule has 2 N–H and O–H groups in total. The van der Waals surface area contributed by atoms with Crippen molar-refractivity contribution in [2.75, 3.05) is 6.61 Å². The molecule has 0 amide bonds. The number of hydrogen-bond acceptors (Lipinski definition) is 3. The van der Waals surface area contributed by atoms with Gasteiger partial charge in [-0.05, 0) is 19.8 Å². The van der Waals surface area contributed by atoms with Gasteiger partial charge in [0.15, 0.2) is 0 Å². The van der Waals surface area contributed by atoms with Gasteiger partial charge in [0, 0.05) is 0 Å². The van der Waals surface area contributed by atoms with E-state index in [1.807, 2.05) is 0 Å². The van der Waals surface area contributed by atoms with Crippen LogP contribution in [0.15, 0.2) is 0 Å².